The number of nitrogens with one attached hydrogen (secondary N) is 2. The van der Waals surface area contributed by atoms with Crippen LogP contribution in [0.15, 0.2) is 59.8 Å². The highest BCUT2D eigenvalue weighted by Crippen LogP contribution is 2.24. The monoisotopic (exact) mass is 397 g/mol. The molecule has 0 aliphatic heterocycles. The quantitative estimate of drug-likeness (QED) is 0.488. The number of methoxy groups -OCH3 is 1. The molecule has 0 aliphatic rings. The Bertz CT molecular complexity index is 957. The van der Waals surface area contributed by atoms with E-state index in [1.165, 1.54) is 11.8 Å². The Labute approximate surface area is 166 Å². The predicted octanol–water partition coefficient (Wildman–Crippen LogP) is 2.04. The van der Waals surface area contributed by atoms with Crippen LogP contribution in [0.4, 0.5) is 0 Å². The second-order valence-corrected chi connectivity index (χ2v) is 6.69. The Morgan fingerprint density at radius 2 is 1.75 bits per heavy atom. The maximum atomic E-state index is 12.0. The molecule has 2 amide bonds. The van der Waals surface area contributed by atoms with Crippen LogP contribution in [0.3, 0.4) is 0 Å². The largest absolute Gasteiger partial charge is 0.497 e. The molecular weight excluding hydrogens is 378 g/mol. The zero-order valence-electron chi connectivity index (χ0n) is 15.4. The van der Waals surface area contributed by atoms with Gasteiger partial charge in [0, 0.05) is 18.2 Å². The lowest BCUT2D eigenvalue weighted by Crippen LogP contribution is -2.42. The van der Waals surface area contributed by atoms with Crippen molar-refractivity contribution in [3.8, 4) is 17.1 Å². The lowest BCUT2D eigenvalue weighted by Gasteiger charge is -2.07. The van der Waals surface area contributed by atoms with E-state index in [-0.39, 0.29) is 17.6 Å². The molecule has 0 spiro atoms. The van der Waals surface area contributed by atoms with E-state index in [0.717, 1.165) is 11.3 Å². The molecule has 2 N–H and O–H groups in total. The van der Waals surface area contributed by atoms with Crippen LogP contribution >= 0.6 is 11.8 Å². The third-order valence-electron chi connectivity index (χ3n) is 3.87. The maximum absolute atomic E-state index is 12.0. The van der Waals surface area contributed by atoms with Crippen molar-refractivity contribution in [2.24, 2.45) is 7.05 Å². The smallest absolute Gasteiger partial charge is 0.269 e. The van der Waals surface area contributed by atoms with Crippen LogP contribution in [0.1, 0.15) is 10.4 Å². The minimum Gasteiger partial charge on any atom is -0.497 e. The summed E-state index contributed by atoms with van der Waals surface area (Å²) < 4.78 is 6.96. The number of carbonyl (C=O) groups excluding carboxylic acids is 2. The number of amides is 2. The fraction of sp³-hybridized carbons (Fsp3) is 0.158. The molecule has 0 aliphatic carbocycles. The second-order valence-electron chi connectivity index (χ2n) is 5.75. The van der Waals surface area contributed by atoms with Crippen molar-refractivity contribution < 1.29 is 14.3 Å². The van der Waals surface area contributed by atoms with E-state index in [4.69, 9.17) is 4.74 Å². The third kappa shape index (κ3) is 4.68. The molecular formula is C19H19N5O3S. The standard InChI is InChI=1S/C19H19N5O3S/c1-24-17(13-8-10-15(27-2)11-9-13)21-23-19(24)28-12-16(25)20-22-18(26)14-6-4-3-5-7-14/h3-11H,12H2,1-2H3,(H,20,25)(H,22,26). The number of carbonyl (C=O) groups is 2. The SMILES string of the molecule is COc1ccc(-c2nnc(SCC(=O)NNC(=O)c3ccccc3)n2C)cc1. The molecule has 1 heterocycles. The van der Waals surface area contributed by atoms with Crippen LogP contribution in [-0.4, -0.2) is 39.4 Å². The van der Waals surface area contributed by atoms with Gasteiger partial charge in [-0.05, 0) is 36.4 Å². The summed E-state index contributed by atoms with van der Waals surface area (Å²) in [5, 5.41) is 8.90. The highest BCUT2D eigenvalue weighted by Gasteiger charge is 2.13. The molecule has 28 heavy (non-hydrogen) atoms. The van der Waals surface area contributed by atoms with Gasteiger partial charge >= 0.3 is 0 Å². The topological polar surface area (TPSA) is 98.1 Å². The van der Waals surface area contributed by atoms with Gasteiger partial charge in [-0.2, -0.15) is 0 Å². The van der Waals surface area contributed by atoms with Crippen molar-refractivity contribution in [3.63, 3.8) is 0 Å². The molecule has 0 atom stereocenters. The highest BCUT2D eigenvalue weighted by molar-refractivity contribution is 7.99. The lowest BCUT2D eigenvalue weighted by molar-refractivity contribution is -0.119. The summed E-state index contributed by atoms with van der Waals surface area (Å²) >= 11 is 1.23. The van der Waals surface area contributed by atoms with E-state index < -0.39 is 0 Å². The van der Waals surface area contributed by atoms with Gasteiger partial charge in [-0.1, -0.05) is 30.0 Å². The average Bonchev–Trinajstić information content (AvgIpc) is 3.11. The first kappa shape index (κ1) is 19.4. The first-order valence-corrected chi connectivity index (χ1v) is 9.38. The van der Waals surface area contributed by atoms with Gasteiger partial charge in [0.25, 0.3) is 5.91 Å². The van der Waals surface area contributed by atoms with Crippen molar-refractivity contribution in [3.05, 3.63) is 60.2 Å². The van der Waals surface area contributed by atoms with Gasteiger partial charge in [0.15, 0.2) is 11.0 Å². The van der Waals surface area contributed by atoms with Crippen LogP contribution in [0.25, 0.3) is 11.4 Å². The number of aromatic nitrogens is 3. The lowest BCUT2D eigenvalue weighted by atomic mass is 10.2. The molecule has 9 heteroatoms. The summed E-state index contributed by atoms with van der Waals surface area (Å²) in [6.07, 6.45) is 0. The van der Waals surface area contributed by atoms with E-state index >= 15 is 0 Å². The maximum Gasteiger partial charge on any atom is 0.269 e. The number of thioether (sulfide) groups is 1. The summed E-state index contributed by atoms with van der Waals surface area (Å²) in [7, 11) is 3.44. The molecule has 0 radical (unpaired) electrons. The average molecular weight is 397 g/mol. The fourth-order valence-corrected chi connectivity index (χ4v) is 3.10. The normalized spacial score (nSPS) is 10.4. The molecule has 1 aromatic heterocycles. The predicted molar refractivity (Wildman–Crippen MR) is 106 cm³/mol. The molecule has 8 nitrogen and oxygen atoms in total. The molecule has 2 aromatic carbocycles. The van der Waals surface area contributed by atoms with Crippen LogP contribution in [-0.2, 0) is 11.8 Å². The van der Waals surface area contributed by atoms with Crippen LogP contribution in [0.2, 0.25) is 0 Å². The van der Waals surface area contributed by atoms with Gasteiger partial charge in [0.1, 0.15) is 5.75 Å². The fourth-order valence-electron chi connectivity index (χ4n) is 2.39. The molecule has 3 aromatic rings. The van der Waals surface area contributed by atoms with Crippen molar-refractivity contribution in [2.45, 2.75) is 5.16 Å². The molecule has 0 bridgehead atoms. The number of hydrogen-bond donors (Lipinski definition) is 2. The van der Waals surface area contributed by atoms with Crippen LogP contribution in [0.5, 0.6) is 5.75 Å². The number of rotatable bonds is 6. The number of benzene rings is 2. The number of ether oxygens (including phenoxy) is 1. The third-order valence-corrected chi connectivity index (χ3v) is 4.89. The van der Waals surface area contributed by atoms with Gasteiger partial charge in [0.05, 0.1) is 12.9 Å². The zero-order chi connectivity index (χ0) is 19.9. The Hall–Kier alpha value is -3.33. The van der Waals surface area contributed by atoms with Crippen molar-refractivity contribution >= 4 is 23.6 Å². The molecule has 0 fully saturated rings. The van der Waals surface area contributed by atoms with Gasteiger partial charge in [-0.25, -0.2) is 0 Å². The Kier molecular flexibility index (Phi) is 6.28. The molecule has 0 unspecified atom stereocenters. The Balaban J connectivity index is 1.54. The first-order valence-electron chi connectivity index (χ1n) is 8.39. The van der Waals surface area contributed by atoms with Gasteiger partial charge in [0.2, 0.25) is 5.91 Å². The summed E-state index contributed by atoms with van der Waals surface area (Å²) in [6.45, 7) is 0. The van der Waals surface area contributed by atoms with Gasteiger partial charge < -0.3 is 9.30 Å². The van der Waals surface area contributed by atoms with E-state index in [0.29, 0.717) is 16.5 Å². The van der Waals surface area contributed by atoms with E-state index in [1.54, 1.807) is 31.4 Å². The Morgan fingerprint density at radius 3 is 2.43 bits per heavy atom. The van der Waals surface area contributed by atoms with E-state index in [9.17, 15) is 9.59 Å². The van der Waals surface area contributed by atoms with E-state index in [2.05, 4.69) is 21.0 Å². The second kappa shape index (κ2) is 9.05. The molecule has 3 rings (SSSR count). The van der Waals surface area contributed by atoms with Gasteiger partial charge in [-0.15, -0.1) is 10.2 Å². The molecule has 0 saturated heterocycles. The number of hydrazine groups is 1. The summed E-state index contributed by atoms with van der Waals surface area (Å²) in [6, 6.07) is 16.1. The van der Waals surface area contributed by atoms with Crippen LogP contribution < -0.4 is 15.6 Å². The summed E-state index contributed by atoms with van der Waals surface area (Å²) in [5.41, 5.74) is 6.13. The zero-order valence-corrected chi connectivity index (χ0v) is 16.2. The summed E-state index contributed by atoms with van der Waals surface area (Å²) in [5.74, 6) is 0.810. The van der Waals surface area contributed by atoms with Crippen molar-refractivity contribution in [1.82, 2.24) is 25.6 Å². The molecule has 144 valence electrons. The van der Waals surface area contributed by atoms with Crippen LogP contribution in [0, 0.1) is 0 Å². The summed E-state index contributed by atoms with van der Waals surface area (Å²) in [4.78, 5) is 23.9. The minimum atomic E-state index is -0.376. The minimum absolute atomic E-state index is 0.0870. The van der Waals surface area contributed by atoms with Gasteiger partial charge in [-0.3, -0.25) is 20.4 Å². The first-order chi connectivity index (χ1) is 13.6. The Morgan fingerprint density at radius 1 is 1.04 bits per heavy atom. The van der Waals surface area contributed by atoms with Crippen molar-refractivity contribution in [1.29, 1.82) is 0 Å². The number of hydrogen-bond acceptors (Lipinski definition) is 6. The highest BCUT2D eigenvalue weighted by atomic mass is 32.2. The van der Waals surface area contributed by atoms with Crippen molar-refractivity contribution in [2.75, 3.05) is 12.9 Å². The molecule has 0 saturated carbocycles. The number of nitrogens with zero attached hydrogens (tertiary/aromatic N) is 3. The van der Waals surface area contributed by atoms with E-state index in [1.807, 2.05) is 41.9 Å².